The lowest BCUT2D eigenvalue weighted by molar-refractivity contribution is -0.129. The minimum atomic E-state index is -0.330. The van der Waals surface area contributed by atoms with Gasteiger partial charge in [-0.3, -0.25) is 10.0 Å². The quantitative estimate of drug-likeness (QED) is 0.257. The van der Waals surface area contributed by atoms with E-state index in [2.05, 4.69) is 15.3 Å². The van der Waals surface area contributed by atoms with Crippen LogP contribution < -0.4 is 16.5 Å². The third-order valence-corrected chi connectivity index (χ3v) is 3.41. The van der Waals surface area contributed by atoms with Gasteiger partial charge in [-0.2, -0.15) is 0 Å². The second-order valence-electron chi connectivity index (χ2n) is 5.12. The average molecular weight is 303 g/mol. The SMILES string of the molecule is Nc1ccc2ncnc(NCCCCCCC(=O)NO)c2c1. The summed E-state index contributed by atoms with van der Waals surface area (Å²) in [6.07, 6.45) is 5.62. The van der Waals surface area contributed by atoms with Crippen molar-refractivity contribution in [3.8, 4) is 0 Å². The lowest BCUT2D eigenvalue weighted by atomic mass is 10.1. The highest BCUT2D eigenvalue weighted by molar-refractivity contribution is 5.91. The van der Waals surface area contributed by atoms with Gasteiger partial charge in [0, 0.05) is 24.0 Å². The molecule has 0 aliphatic heterocycles. The number of hydroxylamine groups is 1. The first-order valence-electron chi connectivity index (χ1n) is 7.38. The number of amides is 1. The molecular formula is C15H21N5O2. The molecular weight excluding hydrogens is 282 g/mol. The number of unbranched alkanes of at least 4 members (excludes halogenated alkanes) is 3. The Labute approximate surface area is 128 Å². The molecule has 2 aromatic rings. The number of anilines is 2. The van der Waals surface area contributed by atoms with Crippen LogP contribution in [0, 0.1) is 0 Å². The van der Waals surface area contributed by atoms with Crippen molar-refractivity contribution in [1.29, 1.82) is 0 Å². The molecule has 0 aliphatic carbocycles. The number of nitrogens with zero attached hydrogens (tertiary/aromatic N) is 2. The van der Waals surface area contributed by atoms with Crippen molar-refractivity contribution in [1.82, 2.24) is 15.4 Å². The highest BCUT2D eigenvalue weighted by Crippen LogP contribution is 2.21. The van der Waals surface area contributed by atoms with Gasteiger partial charge in [0.05, 0.1) is 5.52 Å². The fourth-order valence-corrected chi connectivity index (χ4v) is 2.24. The maximum Gasteiger partial charge on any atom is 0.243 e. The number of nitrogen functional groups attached to an aromatic ring is 1. The maximum absolute atomic E-state index is 10.8. The highest BCUT2D eigenvalue weighted by Gasteiger charge is 2.03. The molecule has 1 amide bonds. The molecule has 0 saturated heterocycles. The van der Waals surface area contributed by atoms with E-state index in [4.69, 9.17) is 10.9 Å². The summed E-state index contributed by atoms with van der Waals surface area (Å²) in [5.74, 6) is 0.458. The third-order valence-electron chi connectivity index (χ3n) is 3.41. The van der Waals surface area contributed by atoms with Gasteiger partial charge in [0.2, 0.25) is 5.91 Å². The molecule has 1 aromatic heterocycles. The Morgan fingerprint density at radius 3 is 2.82 bits per heavy atom. The van der Waals surface area contributed by atoms with Gasteiger partial charge in [-0.1, -0.05) is 12.8 Å². The molecule has 5 N–H and O–H groups in total. The van der Waals surface area contributed by atoms with Crippen LogP contribution in [-0.2, 0) is 4.79 Å². The lowest BCUT2D eigenvalue weighted by Gasteiger charge is -2.08. The molecule has 22 heavy (non-hydrogen) atoms. The molecule has 1 heterocycles. The second kappa shape index (κ2) is 8.14. The zero-order chi connectivity index (χ0) is 15.8. The molecule has 7 nitrogen and oxygen atoms in total. The van der Waals surface area contributed by atoms with Crippen molar-refractivity contribution in [2.45, 2.75) is 32.1 Å². The second-order valence-corrected chi connectivity index (χ2v) is 5.12. The van der Waals surface area contributed by atoms with Crippen molar-refractivity contribution in [2.75, 3.05) is 17.6 Å². The molecule has 0 saturated carbocycles. The van der Waals surface area contributed by atoms with Crippen LogP contribution in [0.5, 0.6) is 0 Å². The van der Waals surface area contributed by atoms with Crippen LogP contribution in [-0.4, -0.2) is 27.6 Å². The summed E-state index contributed by atoms with van der Waals surface area (Å²) in [5, 5.41) is 12.6. The fraction of sp³-hybridized carbons (Fsp3) is 0.400. The van der Waals surface area contributed by atoms with E-state index in [1.165, 1.54) is 6.33 Å². The van der Waals surface area contributed by atoms with E-state index < -0.39 is 0 Å². The van der Waals surface area contributed by atoms with E-state index in [1.807, 2.05) is 18.2 Å². The van der Waals surface area contributed by atoms with E-state index in [1.54, 1.807) is 5.48 Å². The monoisotopic (exact) mass is 303 g/mol. The third kappa shape index (κ3) is 4.56. The van der Waals surface area contributed by atoms with Crippen LogP contribution in [0.1, 0.15) is 32.1 Å². The molecule has 1 aromatic carbocycles. The predicted molar refractivity (Wildman–Crippen MR) is 85.5 cm³/mol. The largest absolute Gasteiger partial charge is 0.399 e. The topological polar surface area (TPSA) is 113 Å². The summed E-state index contributed by atoms with van der Waals surface area (Å²) >= 11 is 0. The summed E-state index contributed by atoms with van der Waals surface area (Å²) in [6, 6.07) is 5.57. The number of carbonyl (C=O) groups excluding carboxylic acids is 1. The van der Waals surface area contributed by atoms with Crippen molar-refractivity contribution in [2.24, 2.45) is 0 Å². The molecule has 0 radical (unpaired) electrons. The summed E-state index contributed by atoms with van der Waals surface area (Å²) < 4.78 is 0. The fourth-order valence-electron chi connectivity index (χ4n) is 2.24. The summed E-state index contributed by atoms with van der Waals surface area (Å²) in [6.45, 7) is 0.799. The van der Waals surface area contributed by atoms with E-state index in [0.29, 0.717) is 12.1 Å². The van der Waals surface area contributed by atoms with Gasteiger partial charge in [0.25, 0.3) is 0 Å². The van der Waals surface area contributed by atoms with Gasteiger partial charge >= 0.3 is 0 Å². The molecule has 0 unspecified atom stereocenters. The number of hydrogen-bond donors (Lipinski definition) is 4. The molecule has 118 valence electrons. The molecule has 2 rings (SSSR count). The molecule has 0 bridgehead atoms. The van der Waals surface area contributed by atoms with Gasteiger partial charge < -0.3 is 11.1 Å². The first kappa shape index (κ1) is 16.0. The maximum atomic E-state index is 10.8. The Balaban J connectivity index is 1.76. The van der Waals surface area contributed by atoms with E-state index in [-0.39, 0.29) is 5.91 Å². The number of nitrogens with two attached hydrogens (primary N) is 1. The number of nitrogens with one attached hydrogen (secondary N) is 2. The van der Waals surface area contributed by atoms with Crippen LogP contribution >= 0.6 is 0 Å². The number of benzene rings is 1. The Bertz CT molecular complexity index is 632. The first-order chi connectivity index (χ1) is 10.7. The summed E-state index contributed by atoms with van der Waals surface area (Å²) in [4.78, 5) is 19.3. The van der Waals surface area contributed by atoms with Crippen LogP contribution in [0.2, 0.25) is 0 Å². The average Bonchev–Trinajstić information content (AvgIpc) is 2.53. The van der Waals surface area contributed by atoms with Crippen molar-refractivity contribution < 1.29 is 10.0 Å². The number of aromatic nitrogens is 2. The Morgan fingerprint density at radius 1 is 1.18 bits per heavy atom. The number of fused-ring (bicyclic) bond motifs is 1. The van der Waals surface area contributed by atoms with Crippen molar-refractivity contribution in [3.05, 3.63) is 24.5 Å². The number of hydrogen-bond acceptors (Lipinski definition) is 6. The van der Waals surface area contributed by atoms with Gasteiger partial charge in [0.15, 0.2) is 0 Å². The zero-order valence-corrected chi connectivity index (χ0v) is 12.4. The van der Waals surface area contributed by atoms with Gasteiger partial charge in [0.1, 0.15) is 12.1 Å². The normalized spacial score (nSPS) is 10.6. The van der Waals surface area contributed by atoms with Crippen LogP contribution in [0.3, 0.4) is 0 Å². The Hall–Kier alpha value is -2.41. The molecule has 0 spiro atoms. The smallest absolute Gasteiger partial charge is 0.243 e. The van der Waals surface area contributed by atoms with Crippen LogP contribution in [0.4, 0.5) is 11.5 Å². The standard InChI is InChI=1S/C15H21N5O2/c16-11-6-7-13-12(9-11)15(19-10-18-13)17-8-4-2-1-3-5-14(21)20-22/h6-7,9-10,22H,1-5,8,16H2,(H,20,21)(H,17,18,19). The summed E-state index contributed by atoms with van der Waals surface area (Å²) in [7, 11) is 0. The predicted octanol–water partition coefficient (Wildman–Crippen LogP) is 2.08. The van der Waals surface area contributed by atoms with Gasteiger partial charge in [-0.05, 0) is 31.0 Å². The highest BCUT2D eigenvalue weighted by atomic mass is 16.5. The van der Waals surface area contributed by atoms with Gasteiger partial charge in [-0.25, -0.2) is 15.4 Å². The number of rotatable bonds is 8. The Kier molecular flexibility index (Phi) is 5.91. The molecule has 0 fully saturated rings. The zero-order valence-electron chi connectivity index (χ0n) is 12.4. The van der Waals surface area contributed by atoms with E-state index >= 15 is 0 Å². The number of carbonyl (C=O) groups is 1. The van der Waals surface area contributed by atoms with Crippen LogP contribution in [0.15, 0.2) is 24.5 Å². The minimum Gasteiger partial charge on any atom is -0.399 e. The van der Waals surface area contributed by atoms with E-state index in [9.17, 15) is 4.79 Å². The van der Waals surface area contributed by atoms with Crippen LogP contribution in [0.25, 0.3) is 10.9 Å². The molecule has 7 heteroatoms. The molecule has 0 aliphatic rings. The van der Waals surface area contributed by atoms with Crippen molar-refractivity contribution >= 4 is 28.3 Å². The minimum absolute atomic E-state index is 0.330. The van der Waals surface area contributed by atoms with Crippen molar-refractivity contribution in [3.63, 3.8) is 0 Å². The molecule has 0 atom stereocenters. The Morgan fingerprint density at radius 2 is 2.00 bits per heavy atom. The first-order valence-corrected chi connectivity index (χ1v) is 7.38. The summed E-state index contributed by atoms with van der Waals surface area (Å²) in [5.41, 5.74) is 8.99. The van der Waals surface area contributed by atoms with Gasteiger partial charge in [-0.15, -0.1) is 0 Å². The van der Waals surface area contributed by atoms with E-state index in [0.717, 1.165) is 48.9 Å². The lowest BCUT2D eigenvalue weighted by Crippen LogP contribution is -2.17.